The van der Waals surface area contributed by atoms with E-state index in [0.717, 1.165) is 11.4 Å². The van der Waals surface area contributed by atoms with E-state index in [1.165, 1.54) is 0 Å². The van der Waals surface area contributed by atoms with Crippen molar-refractivity contribution in [1.82, 2.24) is 4.98 Å². The normalized spacial score (nSPS) is 9.43. The number of pyridine rings is 1. The van der Waals surface area contributed by atoms with Gasteiger partial charge in [-0.05, 0) is 25.0 Å². The monoisotopic (exact) mass is 189 g/mol. The van der Waals surface area contributed by atoms with E-state index in [1.54, 1.807) is 13.1 Å². The molecule has 0 N–H and O–H groups in total. The van der Waals surface area contributed by atoms with E-state index in [0.29, 0.717) is 12.5 Å². The molecule has 1 aromatic rings. The lowest BCUT2D eigenvalue weighted by Gasteiger charge is -2.05. The minimum atomic E-state index is 0.430. The van der Waals surface area contributed by atoms with Crippen molar-refractivity contribution in [2.24, 2.45) is 0 Å². The molecule has 0 fully saturated rings. The van der Waals surface area contributed by atoms with Crippen LogP contribution in [0.4, 0.5) is 0 Å². The summed E-state index contributed by atoms with van der Waals surface area (Å²) in [6.07, 6.45) is 1.74. The Hall–Kier alpha value is -1.49. The van der Waals surface area contributed by atoms with Gasteiger partial charge in [0.2, 0.25) is 0 Å². The van der Waals surface area contributed by atoms with Gasteiger partial charge in [0, 0.05) is 5.69 Å². The fraction of sp³-hybridized carbons (Fsp3) is 0.417. The Morgan fingerprint density at radius 3 is 2.71 bits per heavy atom. The molecule has 0 unspecified atom stereocenters. The van der Waals surface area contributed by atoms with Crippen molar-refractivity contribution < 1.29 is 4.74 Å². The number of hydrogen-bond acceptors (Lipinski definition) is 2. The average molecular weight is 189 g/mol. The van der Waals surface area contributed by atoms with Crippen LogP contribution in [0.25, 0.3) is 0 Å². The lowest BCUT2D eigenvalue weighted by atomic mass is 10.1. The fourth-order valence-electron chi connectivity index (χ4n) is 1.01. The summed E-state index contributed by atoms with van der Waals surface area (Å²) in [7, 11) is 0. The van der Waals surface area contributed by atoms with Gasteiger partial charge in [0.15, 0.2) is 0 Å². The molecule has 1 heterocycles. The van der Waals surface area contributed by atoms with Gasteiger partial charge < -0.3 is 4.74 Å². The fourth-order valence-corrected chi connectivity index (χ4v) is 1.01. The lowest BCUT2D eigenvalue weighted by molar-refractivity contribution is 0.368. The molecule has 0 spiro atoms. The first-order chi connectivity index (χ1) is 6.74. The van der Waals surface area contributed by atoms with E-state index in [1.807, 2.05) is 12.1 Å². The standard InChI is InChI=1S/C12H15NO/c1-4-5-8-14-11-6-7-12(10(2)3)13-9-11/h6-7,9-10H,8H2,1-3H3. The Morgan fingerprint density at radius 1 is 1.43 bits per heavy atom. The predicted octanol–water partition coefficient (Wildman–Crippen LogP) is 2.61. The largest absolute Gasteiger partial charge is 0.479 e. The van der Waals surface area contributed by atoms with Crippen molar-refractivity contribution in [2.75, 3.05) is 6.61 Å². The van der Waals surface area contributed by atoms with E-state index in [-0.39, 0.29) is 0 Å². The molecule has 0 aliphatic heterocycles. The molecule has 0 aliphatic rings. The van der Waals surface area contributed by atoms with Gasteiger partial charge in [0.05, 0.1) is 6.20 Å². The molecule has 0 aliphatic carbocycles. The summed E-state index contributed by atoms with van der Waals surface area (Å²) >= 11 is 0. The van der Waals surface area contributed by atoms with Crippen molar-refractivity contribution in [3.8, 4) is 17.6 Å². The molecule has 0 bridgehead atoms. The molecule has 2 heteroatoms. The average Bonchev–Trinajstić information content (AvgIpc) is 2.19. The van der Waals surface area contributed by atoms with E-state index >= 15 is 0 Å². The SMILES string of the molecule is CC#CCOc1ccc(C(C)C)nc1. The van der Waals surface area contributed by atoms with Crippen LogP contribution in [-0.4, -0.2) is 11.6 Å². The molecule has 14 heavy (non-hydrogen) atoms. The Bertz CT molecular complexity index is 330. The highest BCUT2D eigenvalue weighted by molar-refractivity contribution is 5.21. The molecule has 74 valence electrons. The maximum absolute atomic E-state index is 5.35. The first kappa shape index (κ1) is 10.6. The summed E-state index contributed by atoms with van der Waals surface area (Å²) in [5.74, 6) is 6.84. The molecule has 1 aromatic heterocycles. The highest BCUT2D eigenvalue weighted by Gasteiger charge is 2.00. The zero-order valence-electron chi connectivity index (χ0n) is 8.87. The third-order valence-corrected chi connectivity index (χ3v) is 1.84. The summed E-state index contributed by atoms with van der Waals surface area (Å²) in [5.41, 5.74) is 1.08. The van der Waals surface area contributed by atoms with Gasteiger partial charge in [-0.1, -0.05) is 19.8 Å². The van der Waals surface area contributed by atoms with E-state index < -0.39 is 0 Å². The summed E-state index contributed by atoms with van der Waals surface area (Å²) in [4.78, 5) is 4.28. The highest BCUT2D eigenvalue weighted by atomic mass is 16.5. The van der Waals surface area contributed by atoms with Crippen molar-refractivity contribution >= 4 is 0 Å². The first-order valence-electron chi connectivity index (χ1n) is 4.72. The Kier molecular flexibility index (Phi) is 4.00. The molecule has 1 rings (SSSR count). The van der Waals surface area contributed by atoms with Crippen LogP contribution in [0, 0.1) is 11.8 Å². The number of rotatable bonds is 3. The molecule has 2 nitrogen and oxygen atoms in total. The zero-order valence-corrected chi connectivity index (χ0v) is 8.87. The Labute approximate surface area is 85.3 Å². The highest BCUT2D eigenvalue weighted by Crippen LogP contribution is 2.14. The van der Waals surface area contributed by atoms with E-state index in [9.17, 15) is 0 Å². The number of aromatic nitrogens is 1. The predicted molar refractivity (Wildman–Crippen MR) is 57.3 cm³/mol. The summed E-state index contributed by atoms with van der Waals surface area (Å²) in [5, 5.41) is 0. The summed E-state index contributed by atoms with van der Waals surface area (Å²) in [6.45, 7) is 6.46. The van der Waals surface area contributed by atoms with Gasteiger partial charge in [-0.3, -0.25) is 4.98 Å². The Morgan fingerprint density at radius 2 is 2.21 bits per heavy atom. The minimum absolute atomic E-state index is 0.430. The quantitative estimate of drug-likeness (QED) is 0.682. The molecule has 0 atom stereocenters. The zero-order chi connectivity index (χ0) is 10.4. The van der Waals surface area contributed by atoms with Gasteiger partial charge >= 0.3 is 0 Å². The first-order valence-corrected chi connectivity index (χ1v) is 4.72. The van der Waals surface area contributed by atoms with E-state index in [4.69, 9.17) is 4.74 Å². The topological polar surface area (TPSA) is 22.1 Å². The third kappa shape index (κ3) is 3.10. The van der Waals surface area contributed by atoms with Crippen LogP contribution in [0.3, 0.4) is 0 Å². The second-order valence-corrected chi connectivity index (χ2v) is 3.29. The molecule has 0 radical (unpaired) electrons. The molecular formula is C12H15NO. The van der Waals surface area contributed by atoms with E-state index in [2.05, 4.69) is 30.7 Å². The summed E-state index contributed by atoms with van der Waals surface area (Å²) in [6, 6.07) is 3.92. The number of ether oxygens (including phenoxy) is 1. The maximum atomic E-state index is 5.35. The number of hydrogen-bond donors (Lipinski definition) is 0. The smallest absolute Gasteiger partial charge is 0.149 e. The second-order valence-electron chi connectivity index (χ2n) is 3.29. The number of nitrogens with zero attached hydrogens (tertiary/aromatic N) is 1. The van der Waals surface area contributed by atoms with Gasteiger partial charge in [-0.25, -0.2) is 0 Å². The van der Waals surface area contributed by atoms with Crippen molar-refractivity contribution in [3.05, 3.63) is 24.0 Å². The van der Waals surface area contributed by atoms with Crippen molar-refractivity contribution in [1.29, 1.82) is 0 Å². The minimum Gasteiger partial charge on any atom is -0.479 e. The van der Waals surface area contributed by atoms with Crippen LogP contribution >= 0.6 is 0 Å². The maximum Gasteiger partial charge on any atom is 0.149 e. The molecule has 0 saturated carbocycles. The van der Waals surface area contributed by atoms with Crippen LogP contribution in [0.1, 0.15) is 32.4 Å². The van der Waals surface area contributed by atoms with Crippen LogP contribution < -0.4 is 4.74 Å². The van der Waals surface area contributed by atoms with Gasteiger partial charge in [-0.15, -0.1) is 5.92 Å². The molecule has 0 amide bonds. The van der Waals surface area contributed by atoms with Crippen LogP contribution in [0.2, 0.25) is 0 Å². The lowest BCUT2D eigenvalue weighted by Crippen LogP contribution is -1.96. The summed E-state index contributed by atoms with van der Waals surface area (Å²) < 4.78 is 5.35. The van der Waals surface area contributed by atoms with Crippen molar-refractivity contribution in [2.45, 2.75) is 26.7 Å². The molecule has 0 aromatic carbocycles. The van der Waals surface area contributed by atoms with Gasteiger partial charge in [0.1, 0.15) is 12.4 Å². The third-order valence-electron chi connectivity index (χ3n) is 1.84. The van der Waals surface area contributed by atoms with Crippen LogP contribution in [0.15, 0.2) is 18.3 Å². The Balaban J connectivity index is 2.58. The van der Waals surface area contributed by atoms with Crippen molar-refractivity contribution in [3.63, 3.8) is 0 Å². The van der Waals surface area contributed by atoms with Gasteiger partial charge in [0.25, 0.3) is 0 Å². The second kappa shape index (κ2) is 5.29. The van der Waals surface area contributed by atoms with Gasteiger partial charge in [-0.2, -0.15) is 0 Å². The molecule has 0 saturated heterocycles. The van der Waals surface area contributed by atoms with Crippen LogP contribution in [-0.2, 0) is 0 Å². The molecular weight excluding hydrogens is 174 g/mol. The van der Waals surface area contributed by atoms with Crippen LogP contribution in [0.5, 0.6) is 5.75 Å².